The van der Waals surface area contributed by atoms with Crippen LogP contribution in [-0.4, -0.2) is 42.1 Å². The van der Waals surface area contributed by atoms with Crippen LogP contribution in [0.2, 0.25) is 0 Å². The van der Waals surface area contributed by atoms with Gasteiger partial charge in [-0.3, -0.25) is 9.69 Å². The van der Waals surface area contributed by atoms with E-state index in [1.54, 1.807) is 6.92 Å². The summed E-state index contributed by atoms with van der Waals surface area (Å²) in [5.41, 5.74) is 5.13. The van der Waals surface area contributed by atoms with Gasteiger partial charge in [0.25, 0.3) is 0 Å². The summed E-state index contributed by atoms with van der Waals surface area (Å²) in [4.78, 5) is 14.0. The van der Waals surface area contributed by atoms with E-state index in [1.807, 2.05) is 0 Å². The molecule has 0 aromatic heterocycles. The van der Waals surface area contributed by atoms with Crippen LogP contribution in [0.1, 0.15) is 40.5 Å². The molecule has 0 bridgehead atoms. The number of methoxy groups -OCH3 is 1. The minimum absolute atomic E-state index is 0.309. The van der Waals surface area contributed by atoms with Crippen LogP contribution in [0.4, 0.5) is 0 Å². The van der Waals surface area contributed by atoms with Crippen LogP contribution in [-0.2, 0) is 9.53 Å². The molecule has 0 aromatic rings. The molecule has 4 heteroatoms. The first-order valence-electron chi connectivity index (χ1n) is 6.41. The molecular formula is C13H26N2O2. The number of nitrogens with zero attached hydrogens (tertiary/aromatic N) is 1. The third-order valence-corrected chi connectivity index (χ3v) is 3.77. The zero-order chi connectivity index (χ0) is 13.2. The largest absolute Gasteiger partial charge is 0.468 e. The minimum Gasteiger partial charge on any atom is -0.468 e. The Bertz CT molecular complexity index is 279. The van der Waals surface area contributed by atoms with Gasteiger partial charge in [-0.1, -0.05) is 6.92 Å². The molecule has 1 fully saturated rings. The highest BCUT2D eigenvalue weighted by molar-refractivity contribution is 5.79. The first kappa shape index (κ1) is 14.5. The third-order valence-electron chi connectivity index (χ3n) is 3.77. The monoisotopic (exact) mass is 242 g/mol. The molecule has 0 amide bonds. The van der Waals surface area contributed by atoms with E-state index in [1.165, 1.54) is 13.5 Å². The first-order valence-corrected chi connectivity index (χ1v) is 6.41. The molecule has 1 aliphatic heterocycles. The van der Waals surface area contributed by atoms with Crippen molar-refractivity contribution in [2.24, 2.45) is 11.7 Å². The Morgan fingerprint density at radius 2 is 2.18 bits per heavy atom. The van der Waals surface area contributed by atoms with Gasteiger partial charge in [-0.2, -0.15) is 0 Å². The lowest BCUT2D eigenvalue weighted by atomic mass is 9.94. The van der Waals surface area contributed by atoms with Crippen LogP contribution in [0.5, 0.6) is 0 Å². The maximum atomic E-state index is 11.6. The van der Waals surface area contributed by atoms with Crippen molar-refractivity contribution in [1.82, 2.24) is 4.90 Å². The molecule has 2 N–H and O–H groups in total. The number of hydrogen-bond acceptors (Lipinski definition) is 4. The molecule has 0 radical (unpaired) electrons. The van der Waals surface area contributed by atoms with Crippen LogP contribution in [0.15, 0.2) is 0 Å². The highest BCUT2D eigenvalue weighted by Gasteiger charge is 2.36. The number of carbonyl (C=O) groups is 1. The predicted molar refractivity (Wildman–Crippen MR) is 68.6 cm³/mol. The van der Waals surface area contributed by atoms with Crippen LogP contribution < -0.4 is 5.73 Å². The van der Waals surface area contributed by atoms with Crippen molar-refractivity contribution in [2.75, 3.05) is 13.7 Å². The number of likely N-dealkylation sites (tertiary alicyclic amines) is 1. The van der Waals surface area contributed by atoms with Gasteiger partial charge in [0.05, 0.1) is 7.11 Å². The Labute approximate surface area is 104 Å². The second-order valence-electron chi connectivity index (χ2n) is 5.85. The van der Waals surface area contributed by atoms with Gasteiger partial charge in [0.1, 0.15) is 5.54 Å². The van der Waals surface area contributed by atoms with E-state index in [-0.39, 0.29) is 5.97 Å². The van der Waals surface area contributed by atoms with E-state index in [0.29, 0.717) is 18.5 Å². The molecule has 100 valence electrons. The highest BCUT2D eigenvalue weighted by atomic mass is 16.5. The average molecular weight is 242 g/mol. The lowest BCUT2D eigenvalue weighted by Crippen LogP contribution is -2.51. The number of hydrogen-bond donors (Lipinski definition) is 1. The van der Waals surface area contributed by atoms with Crippen LogP contribution in [0.25, 0.3) is 0 Å². The summed E-state index contributed by atoms with van der Waals surface area (Å²) >= 11 is 0. The van der Waals surface area contributed by atoms with E-state index in [4.69, 9.17) is 10.5 Å². The van der Waals surface area contributed by atoms with Gasteiger partial charge >= 0.3 is 5.97 Å². The summed E-state index contributed by atoms with van der Waals surface area (Å²) in [6.07, 6.45) is 1.86. The highest BCUT2D eigenvalue weighted by Crippen LogP contribution is 2.27. The summed E-state index contributed by atoms with van der Waals surface area (Å²) in [5.74, 6) is 0.402. The molecule has 4 atom stereocenters. The molecular weight excluding hydrogens is 216 g/mol. The zero-order valence-electron chi connectivity index (χ0n) is 11.7. The van der Waals surface area contributed by atoms with Crippen molar-refractivity contribution in [3.63, 3.8) is 0 Å². The fourth-order valence-electron chi connectivity index (χ4n) is 2.99. The van der Waals surface area contributed by atoms with E-state index in [2.05, 4.69) is 25.7 Å². The molecule has 0 aliphatic carbocycles. The predicted octanol–water partition coefficient (Wildman–Crippen LogP) is 1.39. The quantitative estimate of drug-likeness (QED) is 0.757. The van der Waals surface area contributed by atoms with Gasteiger partial charge in [0.15, 0.2) is 0 Å². The van der Waals surface area contributed by atoms with Gasteiger partial charge in [-0.25, -0.2) is 0 Å². The Morgan fingerprint density at radius 1 is 1.59 bits per heavy atom. The molecule has 1 aliphatic rings. The third kappa shape index (κ3) is 3.42. The topological polar surface area (TPSA) is 55.6 Å². The first-order chi connectivity index (χ1) is 7.77. The van der Waals surface area contributed by atoms with E-state index < -0.39 is 5.54 Å². The van der Waals surface area contributed by atoms with E-state index in [0.717, 1.165) is 12.5 Å². The molecule has 0 saturated carbocycles. The number of esters is 1. The number of nitrogens with two attached hydrogens (primary N) is 1. The molecule has 0 aromatic carbocycles. The Morgan fingerprint density at radius 3 is 2.59 bits per heavy atom. The number of carbonyl (C=O) groups excluding carboxylic acids is 1. The van der Waals surface area contributed by atoms with Crippen molar-refractivity contribution < 1.29 is 9.53 Å². The van der Waals surface area contributed by atoms with Gasteiger partial charge in [-0.05, 0) is 39.5 Å². The summed E-state index contributed by atoms with van der Waals surface area (Å²) in [6.45, 7) is 9.50. The standard InChI is InChI=1S/C13H26N2O2/c1-9-6-10(2)15(8-9)11(3)7-13(4,14)12(16)17-5/h9-11H,6-8,14H2,1-5H3. The summed E-state index contributed by atoms with van der Waals surface area (Å²) in [7, 11) is 1.39. The smallest absolute Gasteiger partial charge is 0.325 e. The van der Waals surface area contributed by atoms with Gasteiger partial charge < -0.3 is 10.5 Å². The Balaban J connectivity index is 2.60. The Kier molecular flexibility index (Phi) is 4.55. The molecule has 4 nitrogen and oxygen atoms in total. The fraction of sp³-hybridized carbons (Fsp3) is 0.923. The van der Waals surface area contributed by atoms with Crippen LogP contribution >= 0.6 is 0 Å². The van der Waals surface area contributed by atoms with E-state index in [9.17, 15) is 4.79 Å². The summed E-state index contributed by atoms with van der Waals surface area (Å²) in [5, 5.41) is 0. The molecule has 4 unspecified atom stereocenters. The number of rotatable bonds is 4. The normalized spacial score (nSPS) is 30.9. The minimum atomic E-state index is -0.889. The SMILES string of the molecule is COC(=O)C(C)(N)CC(C)N1CC(C)CC1C. The average Bonchev–Trinajstić information content (AvgIpc) is 2.56. The van der Waals surface area contributed by atoms with E-state index >= 15 is 0 Å². The fourth-order valence-corrected chi connectivity index (χ4v) is 2.99. The lowest BCUT2D eigenvalue weighted by Gasteiger charge is -2.33. The van der Waals surface area contributed by atoms with Gasteiger partial charge in [0.2, 0.25) is 0 Å². The second-order valence-corrected chi connectivity index (χ2v) is 5.85. The Hall–Kier alpha value is -0.610. The van der Waals surface area contributed by atoms with Crippen molar-refractivity contribution >= 4 is 5.97 Å². The molecule has 1 saturated heterocycles. The van der Waals surface area contributed by atoms with Crippen molar-refractivity contribution in [3.05, 3.63) is 0 Å². The molecule has 0 spiro atoms. The van der Waals surface area contributed by atoms with Crippen molar-refractivity contribution in [1.29, 1.82) is 0 Å². The second kappa shape index (κ2) is 5.36. The van der Waals surface area contributed by atoms with Crippen molar-refractivity contribution in [2.45, 2.75) is 58.2 Å². The maximum absolute atomic E-state index is 11.6. The molecule has 1 heterocycles. The lowest BCUT2D eigenvalue weighted by molar-refractivity contribution is -0.147. The molecule has 1 rings (SSSR count). The van der Waals surface area contributed by atoms with Crippen LogP contribution in [0, 0.1) is 5.92 Å². The van der Waals surface area contributed by atoms with Crippen LogP contribution in [0.3, 0.4) is 0 Å². The van der Waals surface area contributed by atoms with Gasteiger partial charge in [0, 0.05) is 18.6 Å². The molecule has 17 heavy (non-hydrogen) atoms. The summed E-state index contributed by atoms with van der Waals surface area (Å²) < 4.78 is 4.74. The zero-order valence-corrected chi connectivity index (χ0v) is 11.7. The van der Waals surface area contributed by atoms with Gasteiger partial charge in [-0.15, -0.1) is 0 Å². The maximum Gasteiger partial charge on any atom is 0.325 e. The summed E-state index contributed by atoms with van der Waals surface area (Å²) in [6, 6.07) is 0.887. The number of ether oxygens (including phenoxy) is 1. The van der Waals surface area contributed by atoms with Crippen molar-refractivity contribution in [3.8, 4) is 0 Å².